The highest BCUT2D eigenvalue weighted by Gasteiger charge is 2.09. The highest BCUT2D eigenvalue weighted by molar-refractivity contribution is 7.99. The Morgan fingerprint density at radius 3 is 2.35 bits per heavy atom. The van der Waals surface area contributed by atoms with Gasteiger partial charge in [-0.1, -0.05) is 0 Å². The molecule has 0 saturated heterocycles. The average Bonchev–Trinajstić information content (AvgIpc) is 2.73. The summed E-state index contributed by atoms with van der Waals surface area (Å²) in [5.41, 5.74) is 3.02. The third-order valence-corrected chi connectivity index (χ3v) is 3.31. The molecule has 0 fully saturated rings. The molecule has 0 spiro atoms. The van der Waals surface area contributed by atoms with Crippen molar-refractivity contribution in [3.05, 3.63) is 34.8 Å². The van der Waals surface area contributed by atoms with Crippen molar-refractivity contribution in [2.24, 2.45) is 0 Å². The van der Waals surface area contributed by atoms with Crippen LogP contribution in [0.25, 0.3) is 0 Å². The van der Waals surface area contributed by atoms with Crippen molar-refractivity contribution < 1.29 is 9.21 Å². The lowest BCUT2D eigenvalue weighted by Gasteiger charge is -2.05. The Bertz CT molecular complexity index is 540. The summed E-state index contributed by atoms with van der Waals surface area (Å²) >= 11 is 1.31. The molecule has 17 heavy (non-hydrogen) atoms. The Kier molecular flexibility index (Phi) is 3.28. The molecule has 0 saturated carbocycles. The first-order chi connectivity index (χ1) is 8.10. The summed E-state index contributed by atoms with van der Waals surface area (Å²) in [6.45, 7) is 5.90. The first-order valence-electron chi connectivity index (χ1n) is 5.15. The molecule has 5 heteroatoms. The van der Waals surface area contributed by atoms with Crippen LogP contribution in [-0.2, 0) is 0 Å². The minimum Gasteiger partial charge on any atom is -0.447 e. The first-order valence-corrected chi connectivity index (χ1v) is 5.96. The second-order valence-electron chi connectivity index (χ2n) is 3.68. The van der Waals surface area contributed by atoms with Crippen LogP contribution < -0.4 is 0 Å². The molecule has 0 aliphatic rings. The molecule has 2 aromatic heterocycles. The zero-order chi connectivity index (χ0) is 12.4. The maximum Gasteiger partial charge on any atom is 0.195 e. The quantitative estimate of drug-likeness (QED) is 0.617. The molecule has 0 amide bonds. The van der Waals surface area contributed by atoms with Crippen molar-refractivity contribution in [1.82, 2.24) is 9.97 Å². The van der Waals surface area contributed by atoms with Crippen LogP contribution in [0.2, 0.25) is 0 Å². The van der Waals surface area contributed by atoms with E-state index in [1.807, 2.05) is 20.8 Å². The van der Waals surface area contributed by atoms with Gasteiger partial charge >= 0.3 is 0 Å². The number of aromatic nitrogens is 2. The molecule has 0 aliphatic heterocycles. The summed E-state index contributed by atoms with van der Waals surface area (Å²) in [4.78, 5) is 19.2. The Morgan fingerprint density at radius 2 is 1.82 bits per heavy atom. The van der Waals surface area contributed by atoms with E-state index in [0.717, 1.165) is 17.0 Å². The van der Waals surface area contributed by atoms with E-state index >= 15 is 0 Å². The minimum atomic E-state index is 0.313. The van der Waals surface area contributed by atoms with Crippen LogP contribution in [0.1, 0.15) is 27.5 Å². The summed E-state index contributed by atoms with van der Waals surface area (Å²) in [5.74, 6) is 0.313. The van der Waals surface area contributed by atoms with Crippen LogP contribution in [0.3, 0.4) is 0 Å². The van der Waals surface area contributed by atoms with Crippen LogP contribution in [0.15, 0.2) is 26.8 Å². The molecule has 0 aromatic carbocycles. The van der Waals surface area contributed by atoms with Crippen molar-refractivity contribution in [3.63, 3.8) is 0 Å². The van der Waals surface area contributed by atoms with Gasteiger partial charge in [0, 0.05) is 11.4 Å². The molecule has 0 radical (unpaired) electrons. The van der Waals surface area contributed by atoms with Gasteiger partial charge in [-0.2, -0.15) is 0 Å². The third kappa shape index (κ3) is 2.55. The van der Waals surface area contributed by atoms with Crippen LogP contribution >= 0.6 is 11.8 Å². The number of carbonyl (C=O) groups is 1. The molecular weight excluding hydrogens is 236 g/mol. The molecule has 2 rings (SSSR count). The number of nitrogens with zero attached hydrogens (tertiary/aromatic N) is 2. The van der Waals surface area contributed by atoms with Gasteiger partial charge in [0.25, 0.3) is 0 Å². The minimum absolute atomic E-state index is 0.313. The van der Waals surface area contributed by atoms with E-state index < -0.39 is 0 Å². The summed E-state index contributed by atoms with van der Waals surface area (Å²) in [7, 11) is 0. The number of furan rings is 1. The maximum atomic E-state index is 10.5. The predicted octanol–water partition coefficient (Wildman–Crippen LogP) is 2.96. The van der Waals surface area contributed by atoms with Crippen molar-refractivity contribution in [2.75, 3.05) is 0 Å². The predicted molar refractivity (Wildman–Crippen MR) is 64.5 cm³/mol. The molecule has 0 N–H and O–H groups in total. The van der Waals surface area contributed by atoms with E-state index in [9.17, 15) is 4.79 Å². The first kappa shape index (κ1) is 11.9. The maximum absolute atomic E-state index is 10.5. The second-order valence-corrected chi connectivity index (χ2v) is 4.65. The van der Waals surface area contributed by atoms with Gasteiger partial charge in [-0.05, 0) is 50.2 Å². The lowest BCUT2D eigenvalue weighted by atomic mass is 10.2. The highest BCUT2D eigenvalue weighted by atomic mass is 32.2. The van der Waals surface area contributed by atoms with Gasteiger partial charge in [-0.25, -0.2) is 9.97 Å². The largest absolute Gasteiger partial charge is 0.447 e. The van der Waals surface area contributed by atoms with E-state index in [-0.39, 0.29) is 0 Å². The van der Waals surface area contributed by atoms with E-state index in [0.29, 0.717) is 22.3 Å². The highest BCUT2D eigenvalue weighted by Crippen LogP contribution is 2.27. The third-order valence-electron chi connectivity index (χ3n) is 2.52. The zero-order valence-corrected chi connectivity index (χ0v) is 10.7. The number of hydrogen-bond acceptors (Lipinski definition) is 5. The Morgan fingerprint density at radius 1 is 1.18 bits per heavy atom. The van der Waals surface area contributed by atoms with Crippen molar-refractivity contribution in [3.8, 4) is 0 Å². The zero-order valence-electron chi connectivity index (χ0n) is 9.85. The summed E-state index contributed by atoms with van der Waals surface area (Å²) < 4.78 is 5.26. The van der Waals surface area contributed by atoms with E-state index in [1.54, 1.807) is 12.1 Å². The number of carbonyl (C=O) groups excluding carboxylic acids is 1. The normalized spacial score (nSPS) is 10.5. The standard InChI is InChI=1S/C12H12N2O2S/c1-7-8(2)13-12(14-9(7)3)17-11-5-4-10(6-15)16-11/h4-6H,1-3H3. The Hall–Kier alpha value is -1.62. The molecule has 0 atom stereocenters. The molecule has 0 unspecified atom stereocenters. The van der Waals surface area contributed by atoms with Gasteiger partial charge in [0.1, 0.15) is 0 Å². The molecular formula is C12H12N2O2S. The Balaban J connectivity index is 2.27. The van der Waals surface area contributed by atoms with E-state index in [2.05, 4.69) is 9.97 Å². The van der Waals surface area contributed by atoms with Crippen molar-refractivity contribution in [1.29, 1.82) is 0 Å². The number of aldehydes is 1. The summed E-state index contributed by atoms with van der Waals surface area (Å²) in [5, 5.41) is 1.26. The fraction of sp³-hybridized carbons (Fsp3) is 0.250. The Labute approximate surface area is 103 Å². The van der Waals surface area contributed by atoms with Crippen molar-refractivity contribution in [2.45, 2.75) is 31.0 Å². The molecule has 4 nitrogen and oxygen atoms in total. The molecule has 0 bridgehead atoms. The van der Waals surface area contributed by atoms with E-state index in [1.165, 1.54) is 11.8 Å². The van der Waals surface area contributed by atoms with Gasteiger partial charge in [0.05, 0.1) is 0 Å². The lowest BCUT2D eigenvalue weighted by molar-refractivity contribution is 0.109. The van der Waals surface area contributed by atoms with Crippen molar-refractivity contribution >= 4 is 18.0 Å². The van der Waals surface area contributed by atoms with Gasteiger partial charge in [0.15, 0.2) is 22.3 Å². The van der Waals surface area contributed by atoms with Crippen LogP contribution in [0.5, 0.6) is 0 Å². The van der Waals surface area contributed by atoms with Crippen LogP contribution in [-0.4, -0.2) is 16.3 Å². The summed E-state index contributed by atoms with van der Waals surface area (Å²) in [6.07, 6.45) is 0.677. The summed E-state index contributed by atoms with van der Waals surface area (Å²) in [6, 6.07) is 3.37. The number of hydrogen-bond donors (Lipinski definition) is 0. The second kappa shape index (κ2) is 4.71. The van der Waals surface area contributed by atoms with E-state index in [4.69, 9.17) is 4.42 Å². The lowest BCUT2D eigenvalue weighted by Crippen LogP contribution is -1.97. The van der Waals surface area contributed by atoms with Gasteiger partial charge in [-0.15, -0.1) is 0 Å². The fourth-order valence-corrected chi connectivity index (χ4v) is 2.15. The van der Waals surface area contributed by atoms with Gasteiger partial charge in [-0.3, -0.25) is 4.79 Å². The molecule has 88 valence electrons. The molecule has 0 aliphatic carbocycles. The van der Waals surface area contributed by atoms with Crippen LogP contribution in [0.4, 0.5) is 0 Å². The van der Waals surface area contributed by atoms with Crippen LogP contribution in [0, 0.1) is 20.8 Å². The molecule has 2 heterocycles. The number of rotatable bonds is 3. The topological polar surface area (TPSA) is 56.0 Å². The fourth-order valence-electron chi connectivity index (χ4n) is 1.33. The SMILES string of the molecule is Cc1nc(Sc2ccc(C=O)o2)nc(C)c1C. The van der Waals surface area contributed by atoms with Gasteiger partial charge in [0.2, 0.25) is 0 Å². The smallest absolute Gasteiger partial charge is 0.195 e. The number of aryl methyl sites for hydroxylation is 2. The molecule has 2 aromatic rings. The van der Waals surface area contributed by atoms with Gasteiger partial charge < -0.3 is 4.42 Å². The average molecular weight is 248 g/mol. The monoisotopic (exact) mass is 248 g/mol.